The van der Waals surface area contributed by atoms with E-state index in [1.807, 2.05) is 6.92 Å². The second kappa shape index (κ2) is 5.34. The number of aryl methyl sites for hydroxylation is 2. The van der Waals surface area contributed by atoms with Gasteiger partial charge in [0, 0.05) is 5.39 Å². The number of piperidine rings is 1. The van der Waals surface area contributed by atoms with Gasteiger partial charge in [-0.1, -0.05) is 12.0 Å². The van der Waals surface area contributed by atoms with Crippen molar-refractivity contribution in [2.24, 2.45) is 0 Å². The van der Waals surface area contributed by atoms with E-state index in [-0.39, 0.29) is 0 Å². The van der Waals surface area contributed by atoms with E-state index in [1.165, 1.54) is 29.4 Å². The van der Waals surface area contributed by atoms with Crippen LogP contribution in [0.25, 0.3) is 11.0 Å². The molecule has 1 aromatic carbocycles. The summed E-state index contributed by atoms with van der Waals surface area (Å²) >= 11 is 0. The average Bonchev–Trinajstić information content (AvgIpc) is 2.75. The molecule has 3 rings (SSSR count). The molecule has 0 amide bonds. The molecule has 2 heteroatoms. The largest absolute Gasteiger partial charge is 0.461 e. The highest BCUT2D eigenvalue weighted by molar-refractivity contribution is 5.82. The summed E-state index contributed by atoms with van der Waals surface area (Å²) in [7, 11) is 0. The summed E-state index contributed by atoms with van der Waals surface area (Å²) in [6.45, 7) is 7.17. The fourth-order valence-corrected chi connectivity index (χ4v) is 3.17. The van der Waals surface area contributed by atoms with Crippen molar-refractivity contribution in [2.45, 2.75) is 32.6 Å². The van der Waals surface area contributed by atoms with Crippen LogP contribution in [0, 0.1) is 26.2 Å². The fourth-order valence-electron chi connectivity index (χ4n) is 3.17. The normalized spacial score (nSPS) is 17.4. The Morgan fingerprint density at radius 2 is 2.05 bits per heavy atom. The third-order valence-corrected chi connectivity index (χ3v) is 4.57. The fraction of sp³-hybridized carbons (Fsp3) is 0.444. The van der Waals surface area contributed by atoms with Gasteiger partial charge in [0.05, 0.1) is 6.54 Å². The molecular weight excluding hydrogens is 246 g/mol. The maximum atomic E-state index is 5.76. The van der Waals surface area contributed by atoms with Gasteiger partial charge in [0.2, 0.25) is 0 Å². The number of furan rings is 1. The van der Waals surface area contributed by atoms with Crippen LogP contribution < -0.4 is 0 Å². The standard InChI is InChI=1S/C18H21NO/c1-4-9-19-10-7-15(8-11-19)16-5-6-18-17(12-16)13(2)14(3)20-18/h1,5-6,12,15H,7-11H2,2-3H3. The lowest BCUT2D eigenvalue weighted by molar-refractivity contribution is 0.236. The lowest BCUT2D eigenvalue weighted by atomic mass is 9.88. The van der Waals surface area contributed by atoms with Gasteiger partial charge in [-0.3, -0.25) is 4.90 Å². The zero-order chi connectivity index (χ0) is 14.1. The zero-order valence-electron chi connectivity index (χ0n) is 12.3. The number of nitrogens with zero attached hydrogens (tertiary/aromatic N) is 1. The molecule has 1 fully saturated rings. The summed E-state index contributed by atoms with van der Waals surface area (Å²) in [5.41, 5.74) is 3.72. The van der Waals surface area contributed by atoms with Crippen molar-refractivity contribution in [1.82, 2.24) is 4.90 Å². The van der Waals surface area contributed by atoms with Crippen LogP contribution in [0.2, 0.25) is 0 Å². The van der Waals surface area contributed by atoms with E-state index in [2.05, 4.69) is 35.9 Å². The molecule has 0 unspecified atom stereocenters. The summed E-state index contributed by atoms with van der Waals surface area (Å²) in [5, 5.41) is 1.27. The topological polar surface area (TPSA) is 16.4 Å². The number of terminal acetylenes is 1. The molecule has 20 heavy (non-hydrogen) atoms. The highest BCUT2D eigenvalue weighted by Gasteiger charge is 2.20. The van der Waals surface area contributed by atoms with Gasteiger partial charge in [-0.05, 0) is 69.0 Å². The first-order valence-corrected chi connectivity index (χ1v) is 7.34. The van der Waals surface area contributed by atoms with Gasteiger partial charge in [0.25, 0.3) is 0 Å². The Morgan fingerprint density at radius 1 is 1.30 bits per heavy atom. The number of hydrogen-bond acceptors (Lipinski definition) is 2. The van der Waals surface area contributed by atoms with Crippen molar-refractivity contribution < 1.29 is 4.42 Å². The van der Waals surface area contributed by atoms with Crippen molar-refractivity contribution in [3.05, 3.63) is 35.1 Å². The lowest BCUT2D eigenvalue weighted by Crippen LogP contribution is -2.33. The number of benzene rings is 1. The van der Waals surface area contributed by atoms with Crippen LogP contribution in [0.15, 0.2) is 22.6 Å². The molecule has 1 aliphatic rings. The van der Waals surface area contributed by atoms with Crippen molar-refractivity contribution in [1.29, 1.82) is 0 Å². The van der Waals surface area contributed by atoms with Gasteiger partial charge in [-0.15, -0.1) is 6.42 Å². The highest BCUT2D eigenvalue weighted by atomic mass is 16.3. The molecule has 0 N–H and O–H groups in total. The van der Waals surface area contributed by atoms with Gasteiger partial charge in [-0.25, -0.2) is 0 Å². The van der Waals surface area contributed by atoms with E-state index < -0.39 is 0 Å². The number of fused-ring (bicyclic) bond motifs is 1. The quantitative estimate of drug-likeness (QED) is 0.768. The molecule has 0 radical (unpaired) electrons. The summed E-state index contributed by atoms with van der Waals surface area (Å²) in [6.07, 6.45) is 7.78. The molecule has 2 heterocycles. The molecule has 1 aromatic heterocycles. The van der Waals surface area contributed by atoms with Crippen LogP contribution in [0.3, 0.4) is 0 Å². The Bertz CT molecular complexity index is 654. The van der Waals surface area contributed by atoms with Gasteiger partial charge in [-0.2, -0.15) is 0 Å². The number of likely N-dealkylation sites (tertiary alicyclic amines) is 1. The molecule has 2 nitrogen and oxygen atoms in total. The molecule has 0 atom stereocenters. The first-order chi connectivity index (χ1) is 9.69. The SMILES string of the molecule is C#CCN1CCC(c2ccc3oc(C)c(C)c3c2)CC1. The minimum atomic E-state index is 0.656. The third-order valence-electron chi connectivity index (χ3n) is 4.57. The summed E-state index contributed by atoms with van der Waals surface area (Å²) in [4.78, 5) is 2.36. The first kappa shape index (κ1) is 13.3. The Morgan fingerprint density at radius 3 is 2.75 bits per heavy atom. The second-order valence-electron chi connectivity index (χ2n) is 5.79. The molecule has 0 spiro atoms. The summed E-state index contributed by atoms with van der Waals surface area (Å²) in [6, 6.07) is 6.67. The van der Waals surface area contributed by atoms with Gasteiger partial charge in [0.1, 0.15) is 11.3 Å². The van der Waals surface area contributed by atoms with E-state index in [1.54, 1.807) is 0 Å². The van der Waals surface area contributed by atoms with Crippen molar-refractivity contribution in [2.75, 3.05) is 19.6 Å². The summed E-state index contributed by atoms with van der Waals surface area (Å²) in [5.74, 6) is 4.42. The molecule has 1 aliphatic heterocycles. The smallest absolute Gasteiger partial charge is 0.134 e. The van der Waals surface area contributed by atoms with Crippen LogP contribution in [0.5, 0.6) is 0 Å². The maximum absolute atomic E-state index is 5.76. The summed E-state index contributed by atoms with van der Waals surface area (Å²) < 4.78 is 5.76. The van der Waals surface area contributed by atoms with Crippen LogP contribution >= 0.6 is 0 Å². The first-order valence-electron chi connectivity index (χ1n) is 7.34. The zero-order valence-corrected chi connectivity index (χ0v) is 12.3. The highest BCUT2D eigenvalue weighted by Crippen LogP contribution is 2.32. The molecule has 0 saturated carbocycles. The molecule has 0 bridgehead atoms. The van der Waals surface area contributed by atoms with Gasteiger partial charge < -0.3 is 4.42 Å². The maximum Gasteiger partial charge on any atom is 0.134 e. The van der Waals surface area contributed by atoms with Crippen molar-refractivity contribution in [3.63, 3.8) is 0 Å². The Kier molecular flexibility index (Phi) is 3.54. The Labute approximate surface area is 120 Å². The molecule has 2 aromatic rings. The van der Waals surface area contributed by atoms with E-state index in [9.17, 15) is 0 Å². The van der Waals surface area contributed by atoms with E-state index in [0.29, 0.717) is 5.92 Å². The van der Waals surface area contributed by atoms with Crippen LogP contribution in [-0.4, -0.2) is 24.5 Å². The van der Waals surface area contributed by atoms with Crippen molar-refractivity contribution in [3.8, 4) is 12.3 Å². The minimum absolute atomic E-state index is 0.656. The lowest BCUT2D eigenvalue weighted by Gasteiger charge is -2.30. The predicted molar refractivity (Wildman–Crippen MR) is 82.9 cm³/mol. The molecule has 104 valence electrons. The van der Waals surface area contributed by atoms with Crippen LogP contribution in [0.4, 0.5) is 0 Å². The van der Waals surface area contributed by atoms with Crippen LogP contribution in [0.1, 0.15) is 35.6 Å². The van der Waals surface area contributed by atoms with E-state index in [4.69, 9.17) is 10.8 Å². The predicted octanol–water partition coefficient (Wildman–Crippen LogP) is 3.86. The second-order valence-corrected chi connectivity index (χ2v) is 5.79. The minimum Gasteiger partial charge on any atom is -0.461 e. The monoisotopic (exact) mass is 267 g/mol. The van der Waals surface area contributed by atoms with Crippen LogP contribution in [-0.2, 0) is 0 Å². The van der Waals surface area contributed by atoms with Gasteiger partial charge in [0.15, 0.2) is 0 Å². The molecule has 1 saturated heterocycles. The third kappa shape index (κ3) is 2.34. The molecule has 0 aliphatic carbocycles. The molecular formula is C18H21NO. The Hall–Kier alpha value is -1.72. The average molecular weight is 267 g/mol. The van der Waals surface area contributed by atoms with Crippen molar-refractivity contribution >= 4 is 11.0 Å². The Balaban J connectivity index is 1.81. The van der Waals surface area contributed by atoms with Gasteiger partial charge >= 0.3 is 0 Å². The number of rotatable bonds is 2. The van der Waals surface area contributed by atoms with E-state index in [0.717, 1.165) is 31.0 Å². The number of hydrogen-bond donors (Lipinski definition) is 0. The van der Waals surface area contributed by atoms with E-state index >= 15 is 0 Å².